The average molecular weight is 348 g/mol. The molecule has 0 spiro atoms. The number of carbonyl (C=O) groups excluding carboxylic acids is 2. The third kappa shape index (κ3) is 3.55. The van der Waals surface area contributed by atoms with Crippen molar-refractivity contribution in [2.45, 2.75) is 13.3 Å². The van der Waals surface area contributed by atoms with Crippen LogP contribution >= 0.6 is 15.9 Å². The second kappa shape index (κ2) is 6.63. The normalized spacial score (nSPS) is 10.2. The number of rotatable bonds is 4. The van der Waals surface area contributed by atoms with Crippen LogP contribution in [0.5, 0.6) is 0 Å². The molecule has 21 heavy (non-hydrogen) atoms. The van der Waals surface area contributed by atoms with E-state index in [1.165, 1.54) is 13.3 Å². The maximum atomic E-state index is 12.2. The van der Waals surface area contributed by atoms with Crippen LogP contribution in [0, 0.1) is 6.92 Å². The monoisotopic (exact) mass is 347 g/mol. The maximum absolute atomic E-state index is 12.2. The molecule has 0 amide bonds. The molecule has 0 aliphatic rings. The Morgan fingerprint density at radius 3 is 2.62 bits per heavy atom. The van der Waals surface area contributed by atoms with Gasteiger partial charge >= 0.3 is 5.97 Å². The number of nitrogens with zero attached hydrogens (tertiary/aromatic N) is 1. The summed E-state index contributed by atoms with van der Waals surface area (Å²) in [6, 6.07) is 8.84. The summed E-state index contributed by atoms with van der Waals surface area (Å²) in [5, 5.41) is 0. The van der Waals surface area contributed by atoms with Crippen LogP contribution in [0.2, 0.25) is 0 Å². The van der Waals surface area contributed by atoms with Gasteiger partial charge in [0.05, 0.1) is 12.7 Å². The summed E-state index contributed by atoms with van der Waals surface area (Å²) in [4.78, 5) is 27.6. The summed E-state index contributed by atoms with van der Waals surface area (Å²) in [5.74, 6) is -0.558. The second-order valence-electron chi connectivity index (χ2n) is 4.55. The van der Waals surface area contributed by atoms with Crippen LogP contribution in [0.3, 0.4) is 0 Å². The van der Waals surface area contributed by atoms with Gasteiger partial charge in [-0.3, -0.25) is 9.78 Å². The molecule has 2 aromatic rings. The van der Waals surface area contributed by atoms with Crippen molar-refractivity contribution in [1.82, 2.24) is 4.98 Å². The molecule has 0 saturated heterocycles. The zero-order chi connectivity index (χ0) is 15.4. The van der Waals surface area contributed by atoms with Gasteiger partial charge in [-0.2, -0.15) is 0 Å². The summed E-state index contributed by atoms with van der Waals surface area (Å²) in [6.45, 7) is 1.96. The van der Waals surface area contributed by atoms with Crippen LogP contribution < -0.4 is 0 Å². The van der Waals surface area contributed by atoms with E-state index in [1.807, 2.05) is 25.1 Å². The minimum absolute atomic E-state index is 0.0902. The van der Waals surface area contributed by atoms with E-state index in [4.69, 9.17) is 0 Å². The molecule has 0 atom stereocenters. The number of esters is 1. The Hall–Kier alpha value is -2.01. The maximum Gasteiger partial charge on any atom is 0.339 e. The summed E-state index contributed by atoms with van der Waals surface area (Å²) in [7, 11) is 1.30. The van der Waals surface area contributed by atoms with E-state index >= 15 is 0 Å². The summed E-state index contributed by atoms with van der Waals surface area (Å²) in [5.41, 5.74) is 2.65. The van der Waals surface area contributed by atoms with Gasteiger partial charge in [-0.25, -0.2) is 4.79 Å². The number of hydrogen-bond acceptors (Lipinski definition) is 4. The Labute approximate surface area is 131 Å². The smallest absolute Gasteiger partial charge is 0.339 e. The van der Waals surface area contributed by atoms with Crippen molar-refractivity contribution < 1.29 is 14.3 Å². The predicted molar refractivity (Wildman–Crippen MR) is 82.5 cm³/mol. The number of methoxy groups -OCH3 is 1. The third-order valence-corrected chi connectivity index (χ3v) is 4.06. The number of hydrogen-bond donors (Lipinski definition) is 0. The molecule has 0 radical (unpaired) electrons. The Balaban J connectivity index is 2.17. The molecule has 0 fully saturated rings. The highest BCUT2D eigenvalue weighted by molar-refractivity contribution is 9.10. The Kier molecular flexibility index (Phi) is 4.85. The van der Waals surface area contributed by atoms with Crippen LogP contribution in [-0.4, -0.2) is 23.8 Å². The van der Waals surface area contributed by atoms with Crippen LogP contribution in [0.4, 0.5) is 0 Å². The lowest BCUT2D eigenvalue weighted by atomic mass is 10.0. The lowest BCUT2D eigenvalue weighted by Gasteiger charge is -2.07. The highest BCUT2D eigenvalue weighted by Crippen LogP contribution is 2.20. The van der Waals surface area contributed by atoms with E-state index in [0.717, 1.165) is 15.6 Å². The average Bonchev–Trinajstić information content (AvgIpc) is 2.51. The highest BCUT2D eigenvalue weighted by Gasteiger charge is 2.13. The topological polar surface area (TPSA) is 56.3 Å². The second-order valence-corrected chi connectivity index (χ2v) is 5.40. The van der Waals surface area contributed by atoms with Gasteiger partial charge in [0.2, 0.25) is 0 Å². The molecule has 0 saturated carbocycles. The molecule has 0 aliphatic heterocycles. The van der Waals surface area contributed by atoms with Gasteiger partial charge in [0.1, 0.15) is 5.69 Å². The third-order valence-electron chi connectivity index (χ3n) is 3.20. The molecule has 1 aromatic carbocycles. The van der Waals surface area contributed by atoms with Crippen molar-refractivity contribution in [2.24, 2.45) is 0 Å². The molecule has 0 N–H and O–H groups in total. The number of ether oxygens (including phenoxy) is 1. The summed E-state index contributed by atoms with van der Waals surface area (Å²) in [6.07, 6.45) is 1.63. The molecular formula is C16H14BrNO3. The lowest BCUT2D eigenvalue weighted by molar-refractivity contribution is 0.0600. The fourth-order valence-corrected chi connectivity index (χ4v) is 2.31. The van der Waals surface area contributed by atoms with Crippen molar-refractivity contribution in [3.8, 4) is 0 Å². The fraction of sp³-hybridized carbons (Fsp3) is 0.188. The number of halogens is 1. The van der Waals surface area contributed by atoms with Crippen molar-refractivity contribution in [2.75, 3.05) is 7.11 Å². The molecule has 4 nitrogen and oxygen atoms in total. The first-order valence-electron chi connectivity index (χ1n) is 6.34. The van der Waals surface area contributed by atoms with E-state index in [2.05, 4.69) is 25.7 Å². The van der Waals surface area contributed by atoms with E-state index in [1.54, 1.807) is 12.1 Å². The van der Waals surface area contributed by atoms with Crippen LogP contribution in [0.1, 0.15) is 32.0 Å². The zero-order valence-corrected chi connectivity index (χ0v) is 13.3. The molecule has 1 aromatic heterocycles. The SMILES string of the molecule is COC(=O)c1ccc(C(=O)Cc2cccc(Br)c2C)nc1. The van der Waals surface area contributed by atoms with Gasteiger partial charge in [0.25, 0.3) is 0 Å². The molecule has 0 aliphatic carbocycles. The number of pyridine rings is 1. The van der Waals surface area contributed by atoms with E-state index < -0.39 is 5.97 Å². The number of carbonyl (C=O) groups is 2. The highest BCUT2D eigenvalue weighted by atomic mass is 79.9. The quantitative estimate of drug-likeness (QED) is 0.628. The van der Waals surface area contributed by atoms with Crippen LogP contribution in [0.15, 0.2) is 41.0 Å². The molecule has 0 bridgehead atoms. The number of Topliss-reactive ketones (excluding diaryl/α,β-unsaturated/α-hetero) is 1. The zero-order valence-electron chi connectivity index (χ0n) is 11.7. The molecular weight excluding hydrogens is 334 g/mol. The van der Waals surface area contributed by atoms with E-state index in [0.29, 0.717) is 11.3 Å². The standard InChI is InChI=1S/C16H14BrNO3/c1-10-11(4-3-5-13(10)17)8-15(19)14-7-6-12(9-18-14)16(20)21-2/h3-7,9H,8H2,1-2H3. The summed E-state index contributed by atoms with van der Waals surface area (Å²) >= 11 is 3.45. The van der Waals surface area contributed by atoms with Crippen LogP contribution in [-0.2, 0) is 11.2 Å². The fourth-order valence-electron chi connectivity index (χ4n) is 1.90. The minimum Gasteiger partial charge on any atom is -0.465 e. The van der Waals surface area contributed by atoms with Crippen molar-refractivity contribution in [3.63, 3.8) is 0 Å². The lowest BCUT2D eigenvalue weighted by Crippen LogP contribution is -2.09. The van der Waals surface area contributed by atoms with Crippen LogP contribution in [0.25, 0.3) is 0 Å². The van der Waals surface area contributed by atoms with Gasteiger partial charge in [0, 0.05) is 17.1 Å². The number of aromatic nitrogens is 1. The van der Waals surface area contributed by atoms with Gasteiger partial charge in [-0.15, -0.1) is 0 Å². The molecule has 5 heteroatoms. The molecule has 2 rings (SSSR count). The first-order chi connectivity index (χ1) is 10.0. The Morgan fingerprint density at radius 2 is 2.00 bits per heavy atom. The first kappa shape index (κ1) is 15.4. The summed E-state index contributed by atoms with van der Waals surface area (Å²) < 4.78 is 5.57. The van der Waals surface area contributed by atoms with Crippen molar-refractivity contribution in [3.05, 3.63) is 63.4 Å². The predicted octanol–water partition coefficient (Wildman–Crippen LogP) is 3.36. The van der Waals surface area contributed by atoms with E-state index in [-0.39, 0.29) is 12.2 Å². The van der Waals surface area contributed by atoms with E-state index in [9.17, 15) is 9.59 Å². The van der Waals surface area contributed by atoms with Gasteiger partial charge in [-0.05, 0) is 36.2 Å². The van der Waals surface area contributed by atoms with Gasteiger partial charge in [0.15, 0.2) is 5.78 Å². The molecule has 1 heterocycles. The largest absolute Gasteiger partial charge is 0.465 e. The Bertz CT molecular complexity index is 680. The van der Waals surface area contributed by atoms with Gasteiger partial charge in [-0.1, -0.05) is 28.1 Å². The first-order valence-corrected chi connectivity index (χ1v) is 7.13. The van der Waals surface area contributed by atoms with Gasteiger partial charge < -0.3 is 4.74 Å². The molecule has 108 valence electrons. The number of ketones is 1. The Morgan fingerprint density at radius 1 is 1.24 bits per heavy atom. The molecule has 0 unspecified atom stereocenters. The van der Waals surface area contributed by atoms with Crippen molar-refractivity contribution >= 4 is 27.7 Å². The minimum atomic E-state index is -0.468. The number of benzene rings is 1. The van der Waals surface area contributed by atoms with Crippen molar-refractivity contribution in [1.29, 1.82) is 0 Å².